The van der Waals surface area contributed by atoms with Crippen LogP contribution in [-0.4, -0.2) is 60.0 Å². The molecule has 8 nitrogen and oxygen atoms in total. The molecule has 1 atom stereocenters. The summed E-state index contributed by atoms with van der Waals surface area (Å²) in [5.74, 6) is -2.38. The van der Waals surface area contributed by atoms with Gasteiger partial charge in [0, 0.05) is 17.6 Å². The van der Waals surface area contributed by atoms with Crippen molar-refractivity contribution in [3.63, 3.8) is 0 Å². The number of allylic oxidation sites excluding steroid dienone is 1. The molecule has 2 radical (unpaired) electrons. The maximum Gasteiger partial charge on any atom is 0.341 e. The van der Waals surface area contributed by atoms with Gasteiger partial charge in [-0.2, -0.15) is 0 Å². The van der Waals surface area contributed by atoms with E-state index in [1.165, 1.54) is 11.0 Å². The van der Waals surface area contributed by atoms with Crippen LogP contribution in [0.1, 0.15) is 12.8 Å². The minimum Gasteiger partial charge on any atom is -0.482 e. The van der Waals surface area contributed by atoms with Crippen LogP contribution >= 0.6 is 12.5 Å². The lowest BCUT2D eigenvalue weighted by molar-refractivity contribution is -0.142. The molecule has 132 valence electrons. The summed E-state index contributed by atoms with van der Waals surface area (Å²) in [5.41, 5.74) is 0.505. The Morgan fingerprint density at radius 1 is 1.44 bits per heavy atom. The van der Waals surface area contributed by atoms with Crippen molar-refractivity contribution < 1.29 is 29.0 Å². The van der Waals surface area contributed by atoms with Gasteiger partial charge in [0.2, 0.25) is 11.8 Å². The third kappa shape index (κ3) is 4.75. The van der Waals surface area contributed by atoms with Crippen LogP contribution in [0.4, 0.5) is 0 Å². The zero-order valence-corrected chi connectivity index (χ0v) is 14.3. The Morgan fingerprint density at radius 2 is 2.08 bits per heavy atom. The molecule has 3 amide bonds. The van der Waals surface area contributed by atoms with Gasteiger partial charge in [-0.25, -0.2) is 17.3 Å². The minimum atomic E-state index is -1.16. The number of hydrogen-bond donors (Lipinski definition) is 3. The number of likely N-dealkylation sites (tertiary alicyclic amines) is 1. The van der Waals surface area contributed by atoms with E-state index in [9.17, 15) is 19.2 Å². The molecule has 1 unspecified atom stereocenters. The third-order valence-electron chi connectivity index (χ3n) is 3.63. The van der Waals surface area contributed by atoms with E-state index in [0.717, 1.165) is 0 Å². The summed E-state index contributed by atoms with van der Waals surface area (Å²) in [6.45, 7) is 6.68. The SMILES string of the molecule is C=C/C(OCC(=O)O)=C1/CN(C2CCC(=O)NC2=O)C(=O)C1=C.[B]S. The molecule has 2 N–H and O–H groups in total. The zero-order chi connectivity index (χ0) is 19.1. The summed E-state index contributed by atoms with van der Waals surface area (Å²) >= 11 is 3.03. The monoisotopic (exact) mass is 364 g/mol. The van der Waals surface area contributed by atoms with Crippen molar-refractivity contribution in [2.75, 3.05) is 13.2 Å². The highest BCUT2D eigenvalue weighted by Gasteiger charge is 2.41. The first-order valence-corrected chi connectivity index (χ1v) is 7.66. The van der Waals surface area contributed by atoms with Crippen molar-refractivity contribution in [1.82, 2.24) is 10.2 Å². The standard InChI is InChI=1S/C15H16N2O6.BHS/c1-3-11(23-7-13(19)20)9-6-17(15(22)8(9)2)10-4-5-12(18)16-14(10)21;1-2/h3,10H,1-2,4-7H2,(H,19,20)(H,16,18,21);2H/b11-9+;. The van der Waals surface area contributed by atoms with Crippen LogP contribution in [0.15, 0.2) is 36.1 Å². The van der Waals surface area contributed by atoms with Gasteiger partial charge in [0.15, 0.2) is 13.7 Å². The molecule has 2 aliphatic rings. The van der Waals surface area contributed by atoms with Gasteiger partial charge in [-0.3, -0.25) is 19.7 Å². The highest BCUT2D eigenvalue weighted by molar-refractivity contribution is 8.03. The molecule has 0 bridgehead atoms. The molecule has 0 aromatic heterocycles. The first-order valence-electron chi connectivity index (χ1n) is 7.15. The van der Waals surface area contributed by atoms with E-state index in [0.29, 0.717) is 5.57 Å². The number of ether oxygens (including phenoxy) is 1. The number of carboxylic acid groups (broad SMARTS) is 1. The number of carboxylic acids is 1. The molecule has 25 heavy (non-hydrogen) atoms. The van der Waals surface area contributed by atoms with E-state index in [2.05, 4.69) is 38.1 Å². The van der Waals surface area contributed by atoms with Crippen LogP contribution in [0.25, 0.3) is 0 Å². The molecule has 0 saturated carbocycles. The number of amides is 3. The largest absolute Gasteiger partial charge is 0.482 e. The van der Waals surface area contributed by atoms with Crippen LogP contribution in [0, 0.1) is 0 Å². The molecule has 2 aliphatic heterocycles. The average Bonchev–Trinajstić information content (AvgIpc) is 2.86. The molecular formula is C15H17BN2O6S. The predicted octanol–water partition coefficient (Wildman–Crippen LogP) is -0.269. The normalized spacial score (nSPS) is 22.0. The second-order valence-electron chi connectivity index (χ2n) is 5.11. The Hall–Kier alpha value is -2.49. The van der Waals surface area contributed by atoms with Crippen molar-refractivity contribution in [1.29, 1.82) is 0 Å². The quantitative estimate of drug-likeness (QED) is 0.204. The van der Waals surface area contributed by atoms with Crippen molar-refractivity contribution >= 4 is 43.3 Å². The van der Waals surface area contributed by atoms with Crippen LogP contribution < -0.4 is 5.32 Å². The number of piperidine rings is 1. The maximum absolute atomic E-state index is 12.3. The second-order valence-corrected chi connectivity index (χ2v) is 5.11. The number of nitrogens with zero attached hydrogens (tertiary/aromatic N) is 1. The van der Waals surface area contributed by atoms with Crippen LogP contribution in [-0.2, 0) is 23.9 Å². The Bertz CT molecular complexity index is 660. The average molecular weight is 364 g/mol. The van der Waals surface area contributed by atoms with E-state index < -0.39 is 30.4 Å². The lowest BCUT2D eigenvalue weighted by Crippen LogP contribution is -2.52. The van der Waals surface area contributed by atoms with Crippen molar-refractivity contribution in [3.8, 4) is 0 Å². The number of nitrogens with one attached hydrogen (secondary N) is 1. The van der Waals surface area contributed by atoms with Crippen LogP contribution in [0.2, 0.25) is 0 Å². The van der Waals surface area contributed by atoms with Gasteiger partial charge in [0.05, 0.1) is 6.54 Å². The van der Waals surface area contributed by atoms with E-state index in [1.807, 2.05) is 0 Å². The Morgan fingerprint density at radius 3 is 2.60 bits per heavy atom. The number of carbonyl (C=O) groups excluding carboxylic acids is 3. The fraction of sp³-hybridized carbons (Fsp3) is 0.333. The lowest BCUT2D eigenvalue weighted by atomic mass is 10.0. The fourth-order valence-electron chi connectivity index (χ4n) is 2.51. The van der Waals surface area contributed by atoms with Crippen molar-refractivity contribution in [3.05, 3.63) is 36.1 Å². The number of imide groups is 1. The van der Waals surface area contributed by atoms with Crippen molar-refractivity contribution in [2.45, 2.75) is 18.9 Å². The summed E-state index contributed by atoms with van der Waals surface area (Å²) < 4.78 is 5.10. The third-order valence-corrected chi connectivity index (χ3v) is 3.63. The fourth-order valence-corrected chi connectivity index (χ4v) is 2.51. The summed E-state index contributed by atoms with van der Waals surface area (Å²) in [7, 11) is 4.19. The molecule has 2 heterocycles. The van der Waals surface area contributed by atoms with Gasteiger partial charge in [-0.05, 0) is 12.5 Å². The first-order chi connectivity index (χ1) is 11.8. The minimum absolute atomic E-state index is 0.0465. The summed E-state index contributed by atoms with van der Waals surface area (Å²) in [4.78, 5) is 47.3. The molecule has 0 aliphatic carbocycles. The first kappa shape index (κ1) is 20.6. The van der Waals surface area contributed by atoms with E-state index in [4.69, 9.17) is 9.84 Å². The van der Waals surface area contributed by atoms with Gasteiger partial charge in [-0.1, -0.05) is 13.2 Å². The van der Waals surface area contributed by atoms with E-state index >= 15 is 0 Å². The number of thiol groups is 1. The predicted molar refractivity (Wildman–Crippen MR) is 92.6 cm³/mol. The topological polar surface area (TPSA) is 113 Å². The maximum atomic E-state index is 12.3. The van der Waals surface area contributed by atoms with Gasteiger partial charge in [0.25, 0.3) is 5.91 Å². The zero-order valence-electron chi connectivity index (χ0n) is 13.4. The number of rotatable bonds is 5. The molecule has 2 fully saturated rings. The molecule has 2 rings (SSSR count). The molecule has 10 heteroatoms. The molecule has 0 aromatic rings. The van der Waals surface area contributed by atoms with Gasteiger partial charge in [-0.15, -0.1) is 0 Å². The second kappa shape index (κ2) is 9.12. The summed E-state index contributed by atoms with van der Waals surface area (Å²) in [6, 6.07) is -0.764. The van der Waals surface area contributed by atoms with Crippen molar-refractivity contribution in [2.24, 2.45) is 0 Å². The van der Waals surface area contributed by atoms with Crippen LogP contribution in [0.5, 0.6) is 0 Å². The van der Waals surface area contributed by atoms with Crippen LogP contribution in [0.3, 0.4) is 0 Å². The molecular weight excluding hydrogens is 347 g/mol. The number of hydrogen-bond acceptors (Lipinski definition) is 6. The summed E-state index contributed by atoms with van der Waals surface area (Å²) in [5, 5.41) is 10.9. The summed E-state index contributed by atoms with van der Waals surface area (Å²) in [6.07, 6.45) is 1.68. The van der Waals surface area contributed by atoms with E-state index in [1.54, 1.807) is 0 Å². The highest BCUT2D eigenvalue weighted by Crippen LogP contribution is 2.29. The Kier molecular flexibility index (Phi) is 7.50. The number of aliphatic carboxylic acids is 1. The van der Waals surface area contributed by atoms with Gasteiger partial charge < -0.3 is 14.7 Å². The van der Waals surface area contributed by atoms with Gasteiger partial charge in [0.1, 0.15) is 11.8 Å². The van der Waals surface area contributed by atoms with Gasteiger partial charge >= 0.3 is 5.97 Å². The van der Waals surface area contributed by atoms with E-state index in [-0.39, 0.29) is 36.6 Å². The number of carbonyl (C=O) groups is 4. The Labute approximate surface area is 151 Å². The molecule has 0 aromatic carbocycles. The highest BCUT2D eigenvalue weighted by atomic mass is 32.1. The molecule has 0 spiro atoms. The Balaban J connectivity index is 0.00000151. The smallest absolute Gasteiger partial charge is 0.341 e. The lowest BCUT2D eigenvalue weighted by Gasteiger charge is -2.28. The molecule has 2 saturated heterocycles.